The van der Waals surface area contributed by atoms with E-state index < -0.39 is 5.97 Å². The molecule has 0 atom stereocenters. The maximum absolute atomic E-state index is 10.2. The summed E-state index contributed by atoms with van der Waals surface area (Å²) in [6.07, 6.45) is 1.88. The van der Waals surface area contributed by atoms with Gasteiger partial charge in [-0.15, -0.1) is 0 Å². The average Bonchev–Trinajstić information content (AvgIpc) is 2.18. The van der Waals surface area contributed by atoms with Crippen LogP contribution in [-0.2, 0) is 4.79 Å². The second-order valence-electron chi connectivity index (χ2n) is 3.14. The van der Waals surface area contributed by atoms with Crippen LogP contribution in [0.2, 0.25) is 0 Å². The Kier molecular flexibility index (Phi) is 4.55. The van der Waals surface area contributed by atoms with Gasteiger partial charge in [-0.05, 0) is 25.0 Å². The number of rotatable bonds is 6. The monoisotopic (exact) mass is 193 g/mol. The smallest absolute Gasteiger partial charge is 0.303 e. The molecule has 0 spiro atoms. The van der Waals surface area contributed by atoms with Gasteiger partial charge in [0.05, 0.1) is 0 Å². The number of carboxylic acid groups (broad SMARTS) is 1. The van der Waals surface area contributed by atoms with Gasteiger partial charge in [0, 0.05) is 18.7 Å². The molecule has 0 aromatic heterocycles. The molecule has 14 heavy (non-hydrogen) atoms. The van der Waals surface area contributed by atoms with Crippen LogP contribution in [0.1, 0.15) is 19.3 Å². The van der Waals surface area contributed by atoms with E-state index in [1.54, 1.807) is 0 Å². The van der Waals surface area contributed by atoms with Crippen molar-refractivity contribution in [3.05, 3.63) is 30.3 Å². The van der Waals surface area contributed by atoms with Crippen LogP contribution in [0.25, 0.3) is 0 Å². The molecule has 1 aromatic carbocycles. The van der Waals surface area contributed by atoms with Crippen molar-refractivity contribution in [2.45, 2.75) is 19.3 Å². The van der Waals surface area contributed by atoms with Crippen molar-refractivity contribution in [2.24, 2.45) is 0 Å². The molecule has 76 valence electrons. The van der Waals surface area contributed by atoms with E-state index in [2.05, 4.69) is 5.32 Å². The molecule has 1 aromatic rings. The van der Waals surface area contributed by atoms with Gasteiger partial charge < -0.3 is 10.4 Å². The lowest BCUT2D eigenvalue weighted by molar-refractivity contribution is -0.137. The first kappa shape index (κ1) is 10.6. The minimum atomic E-state index is -0.718. The van der Waals surface area contributed by atoms with E-state index in [-0.39, 0.29) is 6.42 Å². The Hall–Kier alpha value is -1.51. The Labute approximate surface area is 83.8 Å². The van der Waals surface area contributed by atoms with Crippen molar-refractivity contribution < 1.29 is 9.90 Å². The van der Waals surface area contributed by atoms with Crippen molar-refractivity contribution in [1.29, 1.82) is 0 Å². The van der Waals surface area contributed by atoms with Gasteiger partial charge in [-0.2, -0.15) is 0 Å². The fourth-order valence-corrected chi connectivity index (χ4v) is 1.19. The van der Waals surface area contributed by atoms with Gasteiger partial charge >= 0.3 is 5.97 Å². The number of nitrogens with one attached hydrogen (secondary N) is 1. The lowest BCUT2D eigenvalue weighted by Crippen LogP contribution is -2.02. The van der Waals surface area contributed by atoms with Gasteiger partial charge in [0.2, 0.25) is 0 Å². The zero-order valence-corrected chi connectivity index (χ0v) is 8.07. The van der Waals surface area contributed by atoms with Gasteiger partial charge in [-0.25, -0.2) is 0 Å². The lowest BCUT2D eigenvalue weighted by Gasteiger charge is -2.04. The summed E-state index contributed by atoms with van der Waals surface area (Å²) in [7, 11) is 0. The number of unbranched alkanes of at least 4 members (excludes halogenated alkanes) is 1. The molecule has 0 fully saturated rings. The van der Waals surface area contributed by atoms with E-state index in [0.717, 1.165) is 25.1 Å². The fourth-order valence-electron chi connectivity index (χ4n) is 1.19. The topological polar surface area (TPSA) is 49.3 Å². The highest BCUT2D eigenvalue weighted by Gasteiger charge is 1.95. The summed E-state index contributed by atoms with van der Waals surface area (Å²) < 4.78 is 0. The molecule has 0 saturated carbocycles. The lowest BCUT2D eigenvalue weighted by atomic mass is 10.2. The molecule has 2 N–H and O–H groups in total. The summed E-state index contributed by atoms with van der Waals surface area (Å²) in [6, 6.07) is 9.91. The first-order valence-electron chi connectivity index (χ1n) is 4.80. The number of benzene rings is 1. The van der Waals surface area contributed by atoms with Crippen molar-refractivity contribution >= 4 is 11.7 Å². The maximum atomic E-state index is 10.2. The zero-order valence-electron chi connectivity index (χ0n) is 8.07. The highest BCUT2D eigenvalue weighted by Crippen LogP contribution is 2.05. The molecule has 3 heteroatoms. The van der Waals surface area contributed by atoms with Gasteiger partial charge in [0.1, 0.15) is 0 Å². The van der Waals surface area contributed by atoms with Crippen molar-refractivity contribution in [3.8, 4) is 0 Å². The van der Waals surface area contributed by atoms with Crippen LogP contribution in [0.3, 0.4) is 0 Å². The quantitative estimate of drug-likeness (QED) is 0.682. The number of carbonyl (C=O) groups is 1. The van der Waals surface area contributed by atoms with E-state index in [1.807, 2.05) is 30.3 Å². The van der Waals surface area contributed by atoms with E-state index in [1.165, 1.54) is 0 Å². The predicted octanol–water partition coefficient (Wildman–Crippen LogP) is 2.35. The highest BCUT2D eigenvalue weighted by molar-refractivity contribution is 5.66. The zero-order chi connectivity index (χ0) is 10.2. The van der Waals surface area contributed by atoms with Crippen LogP contribution in [0.5, 0.6) is 0 Å². The third-order valence-electron chi connectivity index (χ3n) is 1.92. The van der Waals surface area contributed by atoms with E-state index in [9.17, 15) is 4.79 Å². The molecule has 0 aliphatic heterocycles. The second-order valence-corrected chi connectivity index (χ2v) is 3.14. The van der Waals surface area contributed by atoms with Gasteiger partial charge in [0.15, 0.2) is 0 Å². The van der Waals surface area contributed by atoms with Crippen molar-refractivity contribution in [3.63, 3.8) is 0 Å². The SMILES string of the molecule is O=C(O)CCCCNc1ccccc1. The van der Waals surface area contributed by atoms with Crippen LogP contribution >= 0.6 is 0 Å². The van der Waals surface area contributed by atoms with Gasteiger partial charge in [-0.3, -0.25) is 4.79 Å². The summed E-state index contributed by atoms with van der Waals surface area (Å²) in [6.45, 7) is 0.831. The summed E-state index contributed by atoms with van der Waals surface area (Å²) in [5.74, 6) is -0.718. The minimum absolute atomic E-state index is 0.260. The van der Waals surface area contributed by atoms with E-state index >= 15 is 0 Å². The molecule has 3 nitrogen and oxygen atoms in total. The van der Waals surface area contributed by atoms with E-state index in [4.69, 9.17) is 5.11 Å². The van der Waals surface area contributed by atoms with Crippen LogP contribution < -0.4 is 5.32 Å². The number of carboxylic acids is 1. The van der Waals surface area contributed by atoms with Crippen molar-refractivity contribution in [1.82, 2.24) is 0 Å². The molecule has 1 rings (SSSR count). The van der Waals surface area contributed by atoms with Crippen LogP contribution in [0, 0.1) is 0 Å². The Morgan fingerprint density at radius 1 is 1.21 bits per heavy atom. The summed E-state index contributed by atoms with van der Waals surface area (Å²) in [4.78, 5) is 10.2. The largest absolute Gasteiger partial charge is 0.481 e. The molecular weight excluding hydrogens is 178 g/mol. The Bertz CT molecular complexity index is 272. The Morgan fingerprint density at radius 3 is 2.57 bits per heavy atom. The Morgan fingerprint density at radius 2 is 1.93 bits per heavy atom. The summed E-state index contributed by atoms with van der Waals surface area (Å²) >= 11 is 0. The molecule has 0 bridgehead atoms. The maximum Gasteiger partial charge on any atom is 0.303 e. The molecule has 0 radical (unpaired) electrons. The number of hydrogen-bond acceptors (Lipinski definition) is 2. The molecule has 0 aliphatic carbocycles. The normalized spacial score (nSPS) is 9.71. The molecule has 0 unspecified atom stereocenters. The number of para-hydroxylation sites is 1. The number of hydrogen-bond donors (Lipinski definition) is 2. The summed E-state index contributed by atoms with van der Waals surface area (Å²) in [5.41, 5.74) is 1.09. The standard InChI is InChI=1S/C11H15NO2/c13-11(14)8-4-5-9-12-10-6-2-1-3-7-10/h1-3,6-7,12H,4-5,8-9H2,(H,13,14). The fraction of sp³-hybridized carbons (Fsp3) is 0.364. The average molecular weight is 193 g/mol. The molecule has 0 aliphatic rings. The van der Waals surface area contributed by atoms with Crippen LogP contribution in [-0.4, -0.2) is 17.6 Å². The molecule has 0 amide bonds. The third-order valence-corrected chi connectivity index (χ3v) is 1.92. The van der Waals surface area contributed by atoms with Gasteiger partial charge in [0.25, 0.3) is 0 Å². The third kappa shape index (κ3) is 4.50. The molecule has 0 saturated heterocycles. The minimum Gasteiger partial charge on any atom is -0.481 e. The molecular formula is C11H15NO2. The van der Waals surface area contributed by atoms with Crippen molar-refractivity contribution in [2.75, 3.05) is 11.9 Å². The first-order valence-corrected chi connectivity index (χ1v) is 4.80. The van der Waals surface area contributed by atoms with Crippen LogP contribution in [0.15, 0.2) is 30.3 Å². The second kappa shape index (κ2) is 6.02. The highest BCUT2D eigenvalue weighted by atomic mass is 16.4. The predicted molar refractivity (Wildman–Crippen MR) is 56.4 cm³/mol. The Balaban J connectivity index is 2.08. The van der Waals surface area contributed by atoms with Gasteiger partial charge in [-0.1, -0.05) is 18.2 Å². The van der Waals surface area contributed by atoms with Crippen LogP contribution in [0.4, 0.5) is 5.69 Å². The number of aliphatic carboxylic acids is 1. The van der Waals surface area contributed by atoms with E-state index in [0.29, 0.717) is 0 Å². The first-order chi connectivity index (χ1) is 6.79. The molecule has 0 heterocycles. The number of anilines is 1. The summed E-state index contributed by atoms with van der Waals surface area (Å²) in [5, 5.41) is 11.6.